The van der Waals surface area contributed by atoms with Crippen molar-refractivity contribution in [3.63, 3.8) is 0 Å². The molecule has 2 heteroatoms. The molecule has 0 spiro atoms. The predicted octanol–water partition coefficient (Wildman–Crippen LogP) is 3.77. The largest absolute Gasteiger partial charge is 0.311 e. The van der Waals surface area contributed by atoms with E-state index >= 15 is 0 Å². The third-order valence-electron chi connectivity index (χ3n) is 3.13. The van der Waals surface area contributed by atoms with Crippen molar-refractivity contribution < 1.29 is 0 Å². The second-order valence-electron chi connectivity index (χ2n) is 7.38. The molecule has 0 radical (unpaired) electrons. The topological polar surface area (TPSA) is 15.3 Å². The highest BCUT2D eigenvalue weighted by Crippen LogP contribution is 2.06. The van der Waals surface area contributed by atoms with Gasteiger partial charge in [0.2, 0.25) is 0 Å². The number of nitrogens with zero attached hydrogens (tertiary/aromatic N) is 1. The van der Waals surface area contributed by atoms with Gasteiger partial charge in [0.1, 0.15) is 0 Å². The lowest BCUT2D eigenvalue weighted by Gasteiger charge is -2.27. The first-order valence-corrected chi connectivity index (χ1v) is 7.68. The molecule has 0 amide bonds. The molecule has 0 saturated heterocycles. The molecule has 2 nitrogen and oxygen atoms in total. The van der Waals surface area contributed by atoms with Crippen molar-refractivity contribution in [2.24, 2.45) is 11.8 Å². The summed E-state index contributed by atoms with van der Waals surface area (Å²) in [4.78, 5) is 2.62. The van der Waals surface area contributed by atoms with Gasteiger partial charge < -0.3 is 10.2 Å². The Morgan fingerprint density at radius 3 is 1.61 bits per heavy atom. The molecular formula is C16H36N2. The molecule has 0 fully saturated rings. The molecule has 0 heterocycles. The monoisotopic (exact) mass is 256 g/mol. The number of rotatable bonds is 9. The molecule has 0 aliphatic rings. The van der Waals surface area contributed by atoms with Gasteiger partial charge in [-0.1, -0.05) is 27.7 Å². The summed E-state index contributed by atoms with van der Waals surface area (Å²) >= 11 is 0. The molecule has 0 rings (SSSR count). The Kier molecular flexibility index (Phi) is 8.89. The third-order valence-corrected chi connectivity index (χ3v) is 3.13. The van der Waals surface area contributed by atoms with Crippen molar-refractivity contribution in [3.05, 3.63) is 0 Å². The maximum Gasteiger partial charge on any atom is 0.0107 e. The average Bonchev–Trinajstić information content (AvgIpc) is 2.19. The van der Waals surface area contributed by atoms with E-state index in [2.05, 4.69) is 58.7 Å². The van der Waals surface area contributed by atoms with E-state index < -0.39 is 0 Å². The van der Waals surface area contributed by atoms with Gasteiger partial charge in [-0.2, -0.15) is 0 Å². The van der Waals surface area contributed by atoms with Gasteiger partial charge >= 0.3 is 0 Å². The van der Waals surface area contributed by atoms with E-state index in [1.807, 2.05) is 0 Å². The highest BCUT2D eigenvalue weighted by molar-refractivity contribution is 4.71. The second-order valence-corrected chi connectivity index (χ2v) is 7.38. The standard InChI is InChI=1S/C16H36N2/c1-14(2)8-11-18(12-9-15(3)4)13-10-17-16(5,6)7/h14-15,17H,8-13H2,1-7H3. The van der Waals surface area contributed by atoms with Gasteiger partial charge in [-0.25, -0.2) is 0 Å². The van der Waals surface area contributed by atoms with Crippen molar-refractivity contribution in [1.29, 1.82) is 0 Å². The van der Waals surface area contributed by atoms with E-state index in [1.165, 1.54) is 32.5 Å². The fourth-order valence-corrected chi connectivity index (χ4v) is 1.81. The van der Waals surface area contributed by atoms with Gasteiger partial charge in [-0.05, 0) is 58.5 Å². The molecule has 18 heavy (non-hydrogen) atoms. The fraction of sp³-hybridized carbons (Fsp3) is 1.00. The van der Waals surface area contributed by atoms with E-state index in [0.29, 0.717) is 0 Å². The summed E-state index contributed by atoms with van der Waals surface area (Å²) in [6.45, 7) is 20.7. The van der Waals surface area contributed by atoms with E-state index in [1.54, 1.807) is 0 Å². The van der Waals surface area contributed by atoms with Crippen LogP contribution in [-0.2, 0) is 0 Å². The Morgan fingerprint density at radius 1 is 0.833 bits per heavy atom. The fourth-order valence-electron chi connectivity index (χ4n) is 1.81. The van der Waals surface area contributed by atoms with Crippen LogP contribution in [0.1, 0.15) is 61.3 Å². The SMILES string of the molecule is CC(C)CCN(CCNC(C)(C)C)CCC(C)C. The van der Waals surface area contributed by atoms with Gasteiger partial charge in [0.15, 0.2) is 0 Å². The third kappa shape index (κ3) is 12.4. The normalized spacial score (nSPS) is 13.0. The van der Waals surface area contributed by atoms with E-state index in [4.69, 9.17) is 0 Å². The Balaban J connectivity index is 3.95. The minimum Gasteiger partial charge on any atom is -0.311 e. The molecule has 1 N–H and O–H groups in total. The molecule has 110 valence electrons. The van der Waals surface area contributed by atoms with Crippen LogP contribution in [0.3, 0.4) is 0 Å². The van der Waals surface area contributed by atoms with Crippen LogP contribution in [0.25, 0.3) is 0 Å². The van der Waals surface area contributed by atoms with E-state index in [-0.39, 0.29) is 5.54 Å². The molecule has 0 aliphatic heterocycles. The lowest BCUT2D eigenvalue weighted by molar-refractivity contribution is 0.235. The summed E-state index contributed by atoms with van der Waals surface area (Å²) in [5, 5.41) is 3.59. The molecule has 0 atom stereocenters. The average molecular weight is 256 g/mol. The number of nitrogens with one attached hydrogen (secondary N) is 1. The highest BCUT2D eigenvalue weighted by Gasteiger charge is 2.11. The maximum absolute atomic E-state index is 3.59. The van der Waals surface area contributed by atoms with Crippen LogP contribution >= 0.6 is 0 Å². The first-order chi connectivity index (χ1) is 8.20. The molecule has 0 aromatic carbocycles. The first-order valence-electron chi connectivity index (χ1n) is 7.68. The van der Waals surface area contributed by atoms with Gasteiger partial charge in [0.25, 0.3) is 0 Å². The summed E-state index contributed by atoms with van der Waals surface area (Å²) in [6, 6.07) is 0. The predicted molar refractivity (Wildman–Crippen MR) is 83.1 cm³/mol. The Hall–Kier alpha value is -0.0800. The number of hydrogen-bond donors (Lipinski definition) is 1. The minimum atomic E-state index is 0.238. The van der Waals surface area contributed by atoms with Crippen molar-refractivity contribution in [2.75, 3.05) is 26.2 Å². The summed E-state index contributed by atoms with van der Waals surface area (Å²) in [5.74, 6) is 1.62. The van der Waals surface area contributed by atoms with Crippen molar-refractivity contribution in [2.45, 2.75) is 66.8 Å². The smallest absolute Gasteiger partial charge is 0.0107 e. The molecule has 0 unspecified atom stereocenters. The van der Waals surface area contributed by atoms with Crippen LogP contribution in [0.5, 0.6) is 0 Å². The quantitative estimate of drug-likeness (QED) is 0.675. The second kappa shape index (κ2) is 8.92. The van der Waals surface area contributed by atoms with Gasteiger partial charge in [-0.3, -0.25) is 0 Å². The van der Waals surface area contributed by atoms with Gasteiger partial charge in [0, 0.05) is 18.6 Å². The lowest BCUT2D eigenvalue weighted by atomic mass is 10.1. The molecule has 0 aromatic rings. The van der Waals surface area contributed by atoms with Crippen molar-refractivity contribution in [3.8, 4) is 0 Å². The van der Waals surface area contributed by atoms with Crippen LogP contribution in [-0.4, -0.2) is 36.6 Å². The maximum atomic E-state index is 3.59. The molecular weight excluding hydrogens is 220 g/mol. The zero-order valence-electron chi connectivity index (χ0n) is 13.8. The van der Waals surface area contributed by atoms with Crippen molar-refractivity contribution >= 4 is 0 Å². The Labute approximate surface area is 116 Å². The first kappa shape index (κ1) is 17.9. The number of hydrogen-bond acceptors (Lipinski definition) is 2. The van der Waals surface area contributed by atoms with Crippen LogP contribution in [0.2, 0.25) is 0 Å². The van der Waals surface area contributed by atoms with E-state index in [0.717, 1.165) is 18.4 Å². The zero-order valence-corrected chi connectivity index (χ0v) is 13.8. The summed E-state index contributed by atoms with van der Waals surface area (Å²) < 4.78 is 0. The Morgan fingerprint density at radius 2 is 1.28 bits per heavy atom. The molecule has 0 aromatic heterocycles. The minimum absolute atomic E-state index is 0.238. The lowest BCUT2D eigenvalue weighted by Crippen LogP contribution is -2.42. The highest BCUT2D eigenvalue weighted by atomic mass is 15.1. The molecule has 0 bridgehead atoms. The summed E-state index contributed by atoms with van der Waals surface area (Å²) in [7, 11) is 0. The summed E-state index contributed by atoms with van der Waals surface area (Å²) in [6.07, 6.45) is 2.63. The van der Waals surface area contributed by atoms with E-state index in [9.17, 15) is 0 Å². The Bertz CT molecular complexity index is 180. The summed E-state index contributed by atoms with van der Waals surface area (Å²) in [5.41, 5.74) is 0.238. The van der Waals surface area contributed by atoms with Crippen LogP contribution in [0, 0.1) is 11.8 Å². The van der Waals surface area contributed by atoms with Gasteiger partial charge in [-0.15, -0.1) is 0 Å². The molecule has 0 saturated carbocycles. The van der Waals surface area contributed by atoms with Crippen LogP contribution in [0.15, 0.2) is 0 Å². The van der Waals surface area contributed by atoms with Crippen molar-refractivity contribution in [1.82, 2.24) is 10.2 Å². The zero-order chi connectivity index (χ0) is 14.2. The van der Waals surface area contributed by atoms with Crippen LogP contribution < -0.4 is 5.32 Å². The van der Waals surface area contributed by atoms with Gasteiger partial charge in [0.05, 0.1) is 0 Å². The van der Waals surface area contributed by atoms with Crippen LogP contribution in [0.4, 0.5) is 0 Å². The molecule has 0 aliphatic carbocycles.